The number of benzene rings is 1. The molecular formula is C10H9F3N2O3S. The summed E-state index contributed by atoms with van der Waals surface area (Å²) in [5.41, 5.74) is -2.14. The number of alkyl halides is 3. The van der Waals surface area contributed by atoms with E-state index in [1.54, 1.807) is 0 Å². The number of nitrogens with zero attached hydrogens (tertiary/aromatic N) is 1. The summed E-state index contributed by atoms with van der Waals surface area (Å²) in [6, 6.07) is 1.38. The van der Waals surface area contributed by atoms with Crippen LogP contribution >= 0.6 is 11.8 Å². The summed E-state index contributed by atoms with van der Waals surface area (Å²) in [4.78, 5) is 20.5. The van der Waals surface area contributed by atoms with Crippen molar-refractivity contribution in [2.45, 2.75) is 18.0 Å². The Labute approximate surface area is 110 Å². The summed E-state index contributed by atoms with van der Waals surface area (Å²) in [5, 5.41) is 12.9. The van der Waals surface area contributed by atoms with Gasteiger partial charge < -0.3 is 5.32 Å². The van der Waals surface area contributed by atoms with Crippen LogP contribution in [0, 0.1) is 10.1 Å². The average molecular weight is 294 g/mol. The lowest BCUT2D eigenvalue weighted by Gasteiger charge is -2.13. The molecule has 0 fully saturated rings. The van der Waals surface area contributed by atoms with Crippen LogP contribution in [0.2, 0.25) is 0 Å². The Balaban J connectivity index is 3.51. The van der Waals surface area contributed by atoms with Gasteiger partial charge in [-0.15, -0.1) is 11.8 Å². The number of nitro groups is 1. The van der Waals surface area contributed by atoms with E-state index in [0.29, 0.717) is 6.07 Å². The van der Waals surface area contributed by atoms with Crippen LogP contribution in [0.1, 0.15) is 12.5 Å². The lowest BCUT2D eigenvalue weighted by Crippen LogP contribution is -2.12. The third-order valence-corrected chi connectivity index (χ3v) is 2.91. The van der Waals surface area contributed by atoms with Gasteiger partial charge in [0.05, 0.1) is 10.5 Å². The SMILES string of the molecule is CSc1cc(NC(C)=O)c([N+](=O)[O-])cc1C(F)(F)F. The van der Waals surface area contributed by atoms with E-state index in [9.17, 15) is 28.1 Å². The van der Waals surface area contributed by atoms with Gasteiger partial charge in [0.15, 0.2) is 0 Å². The first kappa shape index (κ1) is 15.3. The minimum absolute atomic E-state index is 0.193. The lowest BCUT2D eigenvalue weighted by molar-refractivity contribution is -0.384. The van der Waals surface area contributed by atoms with Crippen LogP contribution in [0.15, 0.2) is 17.0 Å². The molecule has 1 aromatic carbocycles. The fourth-order valence-corrected chi connectivity index (χ4v) is 2.03. The van der Waals surface area contributed by atoms with Gasteiger partial charge in [-0.2, -0.15) is 13.2 Å². The molecule has 1 aromatic rings. The van der Waals surface area contributed by atoms with E-state index in [2.05, 4.69) is 5.32 Å². The van der Waals surface area contributed by atoms with Crippen LogP contribution in [-0.2, 0) is 11.0 Å². The van der Waals surface area contributed by atoms with Gasteiger partial charge in [0.2, 0.25) is 5.91 Å². The standard InChI is InChI=1S/C10H9F3N2O3S/c1-5(16)14-7-4-9(19-2)6(10(11,12)13)3-8(7)15(17)18/h3-4H,1-2H3,(H,14,16). The largest absolute Gasteiger partial charge is 0.417 e. The van der Waals surface area contributed by atoms with Crippen LogP contribution < -0.4 is 5.32 Å². The van der Waals surface area contributed by atoms with E-state index in [1.807, 2.05) is 0 Å². The van der Waals surface area contributed by atoms with Crippen molar-refractivity contribution in [2.24, 2.45) is 0 Å². The zero-order valence-electron chi connectivity index (χ0n) is 9.87. The molecule has 0 heterocycles. The predicted molar refractivity (Wildman–Crippen MR) is 64.2 cm³/mol. The van der Waals surface area contributed by atoms with Crippen LogP contribution in [-0.4, -0.2) is 17.1 Å². The minimum atomic E-state index is -4.70. The highest BCUT2D eigenvalue weighted by molar-refractivity contribution is 7.98. The fourth-order valence-electron chi connectivity index (χ4n) is 1.40. The topological polar surface area (TPSA) is 72.2 Å². The number of carbonyl (C=O) groups excluding carboxylic acids is 1. The van der Waals surface area contributed by atoms with E-state index in [1.165, 1.54) is 6.26 Å². The number of carbonyl (C=O) groups is 1. The van der Waals surface area contributed by atoms with Crippen molar-refractivity contribution in [3.63, 3.8) is 0 Å². The Morgan fingerprint density at radius 2 is 2.00 bits per heavy atom. The van der Waals surface area contributed by atoms with E-state index in [0.717, 1.165) is 24.8 Å². The average Bonchev–Trinajstić information content (AvgIpc) is 2.25. The van der Waals surface area contributed by atoms with Gasteiger partial charge in [-0.05, 0) is 12.3 Å². The molecule has 0 saturated heterocycles. The molecule has 0 radical (unpaired) electrons. The van der Waals surface area contributed by atoms with Crippen molar-refractivity contribution < 1.29 is 22.9 Å². The molecule has 19 heavy (non-hydrogen) atoms. The number of halogens is 3. The first-order valence-corrected chi connectivity index (χ1v) is 6.10. The molecule has 104 valence electrons. The number of hydrogen-bond donors (Lipinski definition) is 1. The van der Waals surface area contributed by atoms with Gasteiger partial charge in [-0.25, -0.2) is 0 Å². The van der Waals surface area contributed by atoms with Gasteiger partial charge >= 0.3 is 6.18 Å². The Hall–Kier alpha value is -1.77. The maximum Gasteiger partial charge on any atom is 0.417 e. The Morgan fingerprint density at radius 1 is 1.42 bits per heavy atom. The molecule has 0 unspecified atom stereocenters. The smallest absolute Gasteiger partial charge is 0.321 e. The lowest BCUT2D eigenvalue weighted by atomic mass is 10.1. The van der Waals surface area contributed by atoms with E-state index in [4.69, 9.17) is 0 Å². The van der Waals surface area contributed by atoms with Gasteiger partial charge in [-0.3, -0.25) is 14.9 Å². The number of nitrogens with one attached hydrogen (secondary N) is 1. The Morgan fingerprint density at radius 3 is 2.37 bits per heavy atom. The van der Waals surface area contributed by atoms with E-state index in [-0.39, 0.29) is 10.6 Å². The van der Waals surface area contributed by atoms with Gasteiger partial charge in [-0.1, -0.05) is 0 Å². The number of nitro benzene ring substituents is 1. The first-order valence-electron chi connectivity index (χ1n) is 4.88. The summed E-state index contributed by atoms with van der Waals surface area (Å²) in [6.07, 6.45) is -3.29. The molecule has 0 aromatic heterocycles. The molecule has 1 amide bonds. The van der Waals surface area contributed by atoms with Crippen LogP contribution in [0.5, 0.6) is 0 Å². The minimum Gasteiger partial charge on any atom is -0.321 e. The molecule has 5 nitrogen and oxygen atoms in total. The van der Waals surface area contributed by atoms with E-state index < -0.39 is 28.3 Å². The number of amides is 1. The highest BCUT2D eigenvalue weighted by Gasteiger charge is 2.36. The molecule has 1 rings (SSSR count). The highest BCUT2D eigenvalue weighted by Crippen LogP contribution is 2.41. The second kappa shape index (κ2) is 5.47. The summed E-state index contributed by atoms with van der Waals surface area (Å²) in [6.45, 7) is 1.11. The van der Waals surface area contributed by atoms with Crippen molar-refractivity contribution in [1.29, 1.82) is 0 Å². The molecule has 1 N–H and O–H groups in total. The monoisotopic (exact) mass is 294 g/mol. The quantitative estimate of drug-likeness (QED) is 0.527. The van der Waals surface area contributed by atoms with Gasteiger partial charge in [0.1, 0.15) is 5.69 Å². The van der Waals surface area contributed by atoms with Gasteiger partial charge in [0.25, 0.3) is 5.69 Å². The molecule has 0 saturated carbocycles. The summed E-state index contributed by atoms with van der Waals surface area (Å²) >= 11 is 0.790. The van der Waals surface area contributed by atoms with Crippen LogP contribution in [0.25, 0.3) is 0 Å². The summed E-state index contributed by atoms with van der Waals surface area (Å²) in [7, 11) is 0. The maximum atomic E-state index is 12.7. The maximum absolute atomic E-state index is 12.7. The van der Waals surface area contributed by atoms with Crippen molar-refractivity contribution in [1.82, 2.24) is 0 Å². The third kappa shape index (κ3) is 3.60. The predicted octanol–water partition coefficient (Wildman–Crippen LogP) is 3.29. The van der Waals surface area contributed by atoms with Crippen molar-refractivity contribution in [3.05, 3.63) is 27.8 Å². The summed E-state index contributed by atoms with van der Waals surface area (Å²) in [5.74, 6) is -0.602. The molecule has 0 aliphatic rings. The van der Waals surface area contributed by atoms with E-state index >= 15 is 0 Å². The molecular weight excluding hydrogens is 285 g/mol. The molecule has 0 atom stereocenters. The second-order valence-electron chi connectivity index (χ2n) is 3.51. The number of hydrogen-bond acceptors (Lipinski definition) is 4. The van der Waals surface area contributed by atoms with Crippen molar-refractivity contribution in [2.75, 3.05) is 11.6 Å². The highest BCUT2D eigenvalue weighted by atomic mass is 32.2. The molecule has 0 aliphatic carbocycles. The normalized spacial score (nSPS) is 11.2. The van der Waals surface area contributed by atoms with Gasteiger partial charge in [0, 0.05) is 17.9 Å². The first-order chi connectivity index (χ1) is 8.66. The molecule has 9 heteroatoms. The number of rotatable bonds is 3. The van der Waals surface area contributed by atoms with Crippen LogP contribution in [0.4, 0.5) is 24.5 Å². The fraction of sp³-hybridized carbons (Fsp3) is 0.300. The zero-order valence-corrected chi connectivity index (χ0v) is 10.7. The molecule has 0 aliphatic heterocycles. The second-order valence-corrected chi connectivity index (χ2v) is 4.35. The number of anilines is 1. The number of thioether (sulfide) groups is 1. The van der Waals surface area contributed by atoms with Crippen molar-refractivity contribution in [3.8, 4) is 0 Å². The zero-order chi connectivity index (χ0) is 14.8. The Kier molecular flexibility index (Phi) is 4.40. The third-order valence-electron chi connectivity index (χ3n) is 2.13. The summed E-state index contributed by atoms with van der Waals surface area (Å²) < 4.78 is 38.2. The molecule has 0 spiro atoms. The van der Waals surface area contributed by atoms with Crippen LogP contribution in [0.3, 0.4) is 0 Å². The molecule has 0 bridgehead atoms. The Bertz CT molecular complexity index is 531. The van der Waals surface area contributed by atoms with Crippen molar-refractivity contribution >= 4 is 29.0 Å².